The highest BCUT2D eigenvalue weighted by molar-refractivity contribution is 5.91. The molecule has 0 radical (unpaired) electrons. The van der Waals surface area contributed by atoms with Crippen molar-refractivity contribution in [3.8, 4) is 5.75 Å². The summed E-state index contributed by atoms with van der Waals surface area (Å²) in [4.78, 5) is 23.5. The zero-order valence-corrected chi connectivity index (χ0v) is 16.9. The van der Waals surface area contributed by atoms with Gasteiger partial charge in [-0.25, -0.2) is 0 Å². The first-order valence-electron chi connectivity index (χ1n) is 9.12. The normalized spacial score (nSPS) is 9.93. The summed E-state index contributed by atoms with van der Waals surface area (Å²) >= 11 is 0. The van der Waals surface area contributed by atoms with E-state index in [9.17, 15) is 9.59 Å². The Morgan fingerprint density at radius 1 is 1.07 bits per heavy atom. The molecule has 0 aliphatic rings. The fourth-order valence-electron chi connectivity index (χ4n) is 2.52. The lowest BCUT2D eigenvalue weighted by molar-refractivity contribution is -0.121. The van der Waals surface area contributed by atoms with E-state index in [-0.39, 0.29) is 30.8 Å². The van der Waals surface area contributed by atoms with Crippen LogP contribution in [0.3, 0.4) is 0 Å². The molecule has 0 fully saturated rings. The third-order valence-corrected chi connectivity index (χ3v) is 3.94. The average molecular weight is 406 g/mol. The van der Waals surface area contributed by atoms with Gasteiger partial charge in [-0.2, -0.15) is 0 Å². The van der Waals surface area contributed by atoms with Crippen LogP contribution in [0, 0.1) is 6.92 Å². The third kappa shape index (κ3) is 8.88. The van der Waals surface area contributed by atoms with Crippen LogP contribution in [-0.2, 0) is 16.0 Å². The van der Waals surface area contributed by atoms with Gasteiger partial charge >= 0.3 is 0 Å². The molecule has 0 saturated carbocycles. The second-order valence-electron chi connectivity index (χ2n) is 6.34. The smallest absolute Gasteiger partial charge is 0.262 e. The minimum Gasteiger partial charge on any atom is -0.484 e. The summed E-state index contributed by atoms with van der Waals surface area (Å²) in [6, 6.07) is 15.1. The van der Waals surface area contributed by atoms with E-state index < -0.39 is 0 Å². The molecule has 6 nitrogen and oxygen atoms in total. The van der Waals surface area contributed by atoms with Crippen molar-refractivity contribution in [3.63, 3.8) is 0 Å². The maximum Gasteiger partial charge on any atom is 0.262 e. The van der Waals surface area contributed by atoms with E-state index in [0.29, 0.717) is 31.7 Å². The number of anilines is 1. The van der Waals surface area contributed by atoms with Gasteiger partial charge in [0.2, 0.25) is 5.91 Å². The Morgan fingerprint density at radius 3 is 2.50 bits per heavy atom. The number of carbonyl (C=O) groups excluding carboxylic acids is 2. The van der Waals surface area contributed by atoms with E-state index in [2.05, 4.69) is 10.6 Å². The number of benzene rings is 2. The van der Waals surface area contributed by atoms with Crippen LogP contribution >= 0.6 is 12.4 Å². The van der Waals surface area contributed by atoms with Gasteiger partial charge in [-0.3, -0.25) is 9.59 Å². The van der Waals surface area contributed by atoms with Crippen molar-refractivity contribution in [1.29, 1.82) is 0 Å². The third-order valence-electron chi connectivity index (χ3n) is 3.94. The summed E-state index contributed by atoms with van der Waals surface area (Å²) < 4.78 is 5.52. The number of nitrogens with two attached hydrogens (primary N) is 1. The highest BCUT2D eigenvalue weighted by atomic mass is 35.5. The Hall–Kier alpha value is -2.57. The van der Waals surface area contributed by atoms with E-state index >= 15 is 0 Å². The molecule has 0 spiro atoms. The Balaban J connectivity index is 0.00000392. The van der Waals surface area contributed by atoms with Crippen LogP contribution in [0.1, 0.15) is 24.0 Å². The number of ether oxygens (including phenoxy) is 1. The number of aryl methyl sites for hydroxylation is 1. The number of nitrogens with one attached hydrogen (secondary N) is 2. The monoisotopic (exact) mass is 405 g/mol. The van der Waals surface area contributed by atoms with Crippen molar-refractivity contribution in [2.75, 3.05) is 25.0 Å². The number of carbonyl (C=O) groups is 2. The molecule has 2 aromatic carbocycles. The van der Waals surface area contributed by atoms with E-state index in [1.54, 1.807) is 0 Å². The number of rotatable bonds is 10. The fraction of sp³-hybridized carbons (Fsp3) is 0.333. The van der Waals surface area contributed by atoms with Crippen molar-refractivity contribution < 1.29 is 14.3 Å². The average Bonchev–Trinajstić information content (AvgIpc) is 2.66. The molecule has 2 aromatic rings. The van der Waals surface area contributed by atoms with Gasteiger partial charge in [-0.1, -0.05) is 24.3 Å². The van der Waals surface area contributed by atoms with Crippen molar-refractivity contribution in [3.05, 3.63) is 59.7 Å². The zero-order chi connectivity index (χ0) is 19.5. The lowest BCUT2D eigenvalue weighted by Gasteiger charge is -2.09. The zero-order valence-electron chi connectivity index (χ0n) is 16.1. The van der Waals surface area contributed by atoms with Gasteiger partial charge in [0, 0.05) is 18.7 Å². The molecule has 0 bridgehead atoms. The molecule has 0 heterocycles. The lowest BCUT2D eigenvalue weighted by Crippen LogP contribution is -2.25. The summed E-state index contributed by atoms with van der Waals surface area (Å²) in [6.45, 7) is 3.03. The van der Waals surface area contributed by atoms with E-state index in [1.807, 2.05) is 55.5 Å². The minimum atomic E-state index is -0.204. The molecule has 2 rings (SSSR count). The van der Waals surface area contributed by atoms with Gasteiger partial charge in [0.1, 0.15) is 5.75 Å². The van der Waals surface area contributed by atoms with Gasteiger partial charge in [-0.15, -0.1) is 12.4 Å². The molecular weight excluding hydrogens is 378 g/mol. The van der Waals surface area contributed by atoms with Crippen molar-refractivity contribution in [2.24, 2.45) is 5.73 Å². The molecule has 0 aromatic heterocycles. The molecule has 0 unspecified atom stereocenters. The molecule has 0 aliphatic heterocycles. The lowest BCUT2D eigenvalue weighted by atomic mass is 10.1. The Labute approximate surface area is 172 Å². The molecule has 0 aliphatic carbocycles. The molecule has 0 atom stereocenters. The van der Waals surface area contributed by atoms with Gasteiger partial charge in [0.05, 0.1) is 0 Å². The van der Waals surface area contributed by atoms with Crippen LogP contribution in [-0.4, -0.2) is 31.5 Å². The summed E-state index contributed by atoms with van der Waals surface area (Å²) in [7, 11) is 0. The predicted octanol–water partition coefficient (Wildman–Crippen LogP) is 2.83. The SMILES string of the molecule is Cc1cccc(NC(=O)COc2ccc(CCNC(=O)CCCN)cc2)c1.Cl. The van der Waals surface area contributed by atoms with Crippen LogP contribution in [0.25, 0.3) is 0 Å². The molecular formula is C21H28ClN3O3. The number of halogens is 1. The Bertz CT molecular complexity index is 751. The first kappa shape index (κ1) is 23.5. The maximum atomic E-state index is 12.0. The topological polar surface area (TPSA) is 93.5 Å². The fourth-order valence-corrected chi connectivity index (χ4v) is 2.52. The number of hydrogen-bond donors (Lipinski definition) is 3. The highest BCUT2D eigenvalue weighted by Crippen LogP contribution is 2.13. The minimum absolute atomic E-state index is 0. The Kier molecular flexibility index (Phi) is 10.7. The molecule has 152 valence electrons. The van der Waals surface area contributed by atoms with Gasteiger partial charge < -0.3 is 21.1 Å². The first-order valence-corrected chi connectivity index (χ1v) is 9.12. The molecule has 28 heavy (non-hydrogen) atoms. The molecule has 0 saturated heterocycles. The van der Waals surface area contributed by atoms with Crippen molar-refractivity contribution >= 4 is 29.9 Å². The number of hydrogen-bond acceptors (Lipinski definition) is 4. The maximum absolute atomic E-state index is 12.0. The van der Waals surface area contributed by atoms with Gasteiger partial charge in [-0.05, 0) is 61.7 Å². The van der Waals surface area contributed by atoms with Crippen LogP contribution < -0.4 is 21.1 Å². The van der Waals surface area contributed by atoms with Crippen LogP contribution in [0.2, 0.25) is 0 Å². The summed E-state index contributed by atoms with van der Waals surface area (Å²) in [6.07, 6.45) is 1.91. The molecule has 7 heteroatoms. The van der Waals surface area contributed by atoms with Crippen LogP contribution in [0.5, 0.6) is 5.75 Å². The predicted molar refractivity (Wildman–Crippen MR) is 114 cm³/mol. The Morgan fingerprint density at radius 2 is 1.82 bits per heavy atom. The summed E-state index contributed by atoms with van der Waals surface area (Å²) in [5.74, 6) is 0.454. The van der Waals surface area contributed by atoms with Crippen LogP contribution in [0.4, 0.5) is 5.69 Å². The second kappa shape index (κ2) is 12.8. The highest BCUT2D eigenvalue weighted by Gasteiger charge is 2.05. The van der Waals surface area contributed by atoms with Gasteiger partial charge in [0.25, 0.3) is 5.91 Å². The van der Waals surface area contributed by atoms with Crippen molar-refractivity contribution in [2.45, 2.75) is 26.2 Å². The van der Waals surface area contributed by atoms with Crippen molar-refractivity contribution in [1.82, 2.24) is 5.32 Å². The summed E-state index contributed by atoms with van der Waals surface area (Å²) in [5, 5.41) is 5.67. The quantitative estimate of drug-likeness (QED) is 0.566. The van der Waals surface area contributed by atoms with E-state index in [0.717, 1.165) is 23.2 Å². The largest absolute Gasteiger partial charge is 0.484 e. The summed E-state index contributed by atoms with van der Waals surface area (Å²) in [5.41, 5.74) is 8.31. The van der Waals surface area contributed by atoms with Crippen LogP contribution in [0.15, 0.2) is 48.5 Å². The van der Waals surface area contributed by atoms with E-state index in [1.165, 1.54) is 0 Å². The molecule has 4 N–H and O–H groups in total. The van der Waals surface area contributed by atoms with E-state index in [4.69, 9.17) is 10.5 Å². The number of amides is 2. The standard InChI is InChI=1S/C21H27N3O3.ClH/c1-16-4-2-5-18(14-16)24-21(26)15-27-19-9-7-17(8-10-19)11-13-23-20(25)6-3-12-22;/h2,4-5,7-10,14H,3,6,11-13,15,22H2,1H3,(H,23,25)(H,24,26);1H. The second-order valence-corrected chi connectivity index (χ2v) is 6.34. The van der Waals surface area contributed by atoms with Gasteiger partial charge in [0.15, 0.2) is 6.61 Å². The molecule has 2 amide bonds. The first-order chi connectivity index (χ1) is 13.1.